The molecule has 0 heteroatoms. The summed E-state index contributed by atoms with van der Waals surface area (Å²) in [5.74, 6) is 13.4. The molecule has 0 saturated carbocycles. The smallest absolute Gasteiger partial charge is 0.0327 e. The lowest BCUT2D eigenvalue weighted by Gasteiger charge is -2.13. The third kappa shape index (κ3) is 4.25. The molecule has 0 aliphatic carbocycles. The molecule has 0 aliphatic rings. The minimum absolute atomic E-state index is 1.02. The Labute approximate surface area is 211 Å². The van der Waals surface area contributed by atoms with Gasteiger partial charge in [-0.2, -0.15) is 0 Å². The lowest BCUT2D eigenvalue weighted by molar-refractivity contribution is 1.63. The van der Waals surface area contributed by atoms with Gasteiger partial charge in [0.15, 0.2) is 0 Å². The van der Waals surface area contributed by atoms with Crippen LogP contribution in [0.4, 0.5) is 0 Å². The van der Waals surface area contributed by atoms with Crippen LogP contribution >= 0.6 is 0 Å². The highest BCUT2D eigenvalue weighted by Crippen LogP contribution is 2.36. The average Bonchev–Trinajstić information content (AvgIpc) is 2.96. The molecule has 0 bridgehead atoms. The molecule has 0 nitrogen and oxygen atoms in total. The molecule has 6 aromatic carbocycles. The number of hydrogen-bond donors (Lipinski definition) is 0. The summed E-state index contributed by atoms with van der Waals surface area (Å²) in [4.78, 5) is 0. The van der Waals surface area contributed by atoms with Gasteiger partial charge in [0.2, 0.25) is 0 Å². The SMILES string of the molecule is C(#Cc1ccc(-c2ccc(C#Cc3ccccc3)c3ccccc23)c2ccccc12)c1ccccc1. The fraction of sp³-hybridized carbons (Fsp3) is 0. The summed E-state index contributed by atoms with van der Waals surface area (Å²) in [5.41, 5.74) is 6.51. The van der Waals surface area contributed by atoms with Gasteiger partial charge >= 0.3 is 0 Å². The van der Waals surface area contributed by atoms with Crippen LogP contribution in [-0.4, -0.2) is 0 Å². The van der Waals surface area contributed by atoms with Crippen molar-refractivity contribution >= 4 is 21.5 Å². The lowest BCUT2D eigenvalue weighted by atomic mass is 9.90. The van der Waals surface area contributed by atoms with Gasteiger partial charge in [-0.3, -0.25) is 0 Å². The average molecular weight is 455 g/mol. The lowest BCUT2D eigenvalue weighted by Crippen LogP contribution is -1.89. The molecule has 0 spiro atoms. The minimum atomic E-state index is 1.02. The molecule has 36 heavy (non-hydrogen) atoms. The van der Waals surface area contributed by atoms with Gasteiger partial charge in [0.1, 0.15) is 0 Å². The Morgan fingerprint density at radius 1 is 0.278 bits per heavy atom. The zero-order chi connectivity index (χ0) is 24.2. The largest absolute Gasteiger partial charge is 0.0622 e. The summed E-state index contributed by atoms with van der Waals surface area (Å²) in [7, 11) is 0. The molecule has 0 amide bonds. The van der Waals surface area contributed by atoms with Crippen molar-refractivity contribution in [3.05, 3.63) is 156 Å². The van der Waals surface area contributed by atoms with Crippen molar-refractivity contribution in [1.82, 2.24) is 0 Å². The minimum Gasteiger partial charge on any atom is -0.0622 e. The number of fused-ring (bicyclic) bond motifs is 2. The maximum atomic E-state index is 3.39. The topological polar surface area (TPSA) is 0 Å². The monoisotopic (exact) mass is 454 g/mol. The molecule has 0 fully saturated rings. The Morgan fingerprint density at radius 3 is 1.06 bits per heavy atom. The van der Waals surface area contributed by atoms with Crippen molar-refractivity contribution < 1.29 is 0 Å². The molecule has 6 rings (SSSR count). The predicted molar refractivity (Wildman–Crippen MR) is 152 cm³/mol. The molecular weight excluding hydrogens is 432 g/mol. The molecule has 0 unspecified atom stereocenters. The van der Waals surface area contributed by atoms with Gasteiger partial charge in [-0.25, -0.2) is 0 Å². The second-order valence-electron chi connectivity index (χ2n) is 8.64. The van der Waals surface area contributed by atoms with Gasteiger partial charge in [-0.15, -0.1) is 0 Å². The van der Waals surface area contributed by atoms with E-state index in [1.807, 2.05) is 60.7 Å². The fourth-order valence-electron chi connectivity index (χ4n) is 4.61. The van der Waals surface area contributed by atoms with Gasteiger partial charge < -0.3 is 0 Å². The van der Waals surface area contributed by atoms with Crippen LogP contribution in [0.15, 0.2) is 133 Å². The van der Waals surface area contributed by atoms with E-state index in [1.54, 1.807) is 0 Å². The summed E-state index contributed by atoms with van der Waals surface area (Å²) < 4.78 is 0. The van der Waals surface area contributed by atoms with Crippen molar-refractivity contribution in [3.63, 3.8) is 0 Å². The Hall–Kier alpha value is -5.04. The van der Waals surface area contributed by atoms with Crippen LogP contribution in [0.25, 0.3) is 32.7 Å². The second kappa shape index (κ2) is 9.68. The first-order chi connectivity index (χ1) is 17.9. The summed E-state index contributed by atoms with van der Waals surface area (Å²) in [6, 6.07) is 46.0. The Bertz CT molecular complexity index is 1680. The summed E-state index contributed by atoms with van der Waals surface area (Å²) >= 11 is 0. The Kier molecular flexibility index (Phi) is 5.78. The molecule has 0 aromatic heterocycles. The van der Waals surface area contributed by atoms with Gasteiger partial charge in [-0.05, 0) is 69.1 Å². The van der Waals surface area contributed by atoms with Crippen molar-refractivity contribution in [1.29, 1.82) is 0 Å². The first-order valence-corrected chi connectivity index (χ1v) is 12.0. The van der Waals surface area contributed by atoms with Crippen LogP contribution in [0.1, 0.15) is 22.3 Å². The van der Waals surface area contributed by atoms with Crippen LogP contribution in [0.3, 0.4) is 0 Å². The van der Waals surface area contributed by atoms with Crippen LogP contribution in [0.5, 0.6) is 0 Å². The molecule has 0 heterocycles. The van der Waals surface area contributed by atoms with Gasteiger partial charge in [0.05, 0.1) is 0 Å². The maximum absolute atomic E-state index is 3.39. The van der Waals surface area contributed by atoms with E-state index in [1.165, 1.54) is 21.9 Å². The molecule has 0 aliphatic heterocycles. The first-order valence-electron chi connectivity index (χ1n) is 12.0. The predicted octanol–water partition coefficient (Wildman–Crippen LogP) is 8.46. The van der Waals surface area contributed by atoms with Gasteiger partial charge in [0.25, 0.3) is 0 Å². The maximum Gasteiger partial charge on any atom is 0.0327 e. The molecule has 6 aromatic rings. The Morgan fingerprint density at radius 2 is 0.639 bits per heavy atom. The van der Waals surface area contributed by atoms with E-state index >= 15 is 0 Å². The normalized spacial score (nSPS) is 10.3. The Balaban J connectivity index is 1.49. The summed E-state index contributed by atoms with van der Waals surface area (Å²) in [5, 5.41) is 4.72. The molecule has 0 saturated heterocycles. The van der Waals surface area contributed by atoms with E-state index in [0.717, 1.165) is 33.0 Å². The van der Waals surface area contributed by atoms with E-state index in [2.05, 4.69) is 96.5 Å². The quantitative estimate of drug-likeness (QED) is 0.219. The third-order valence-electron chi connectivity index (χ3n) is 6.37. The summed E-state index contributed by atoms with van der Waals surface area (Å²) in [6.07, 6.45) is 0. The van der Waals surface area contributed by atoms with Crippen LogP contribution in [0.2, 0.25) is 0 Å². The highest BCUT2D eigenvalue weighted by atomic mass is 14.1. The number of hydrogen-bond acceptors (Lipinski definition) is 0. The van der Waals surface area contributed by atoms with Crippen molar-refractivity contribution in [3.8, 4) is 34.8 Å². The zero-order valence-corrected chi connectivity index (χ0v) is 19.7. The van der Waals surface area contributed by atoms with Crippen molar-refractivity contribution in [2.45, 2.75) is 0 Å². The van der Waals surface area contributed by atoms with Crippen molar-refractivity contribution in [2.24, 2.45) is 0 Å². The molecular formula is C36H22. The van der Waals surface area contributed by atoms with Crippen molar-refractivity contribution in [2.75, 3.05) is 0 Å². The van der Waals surface area contributed by atoms with E-state index in [-0.39, 0.29) is 0 Å². The standard InChI is InChI=1S/C36H22/c1-3-11-27(12-4-1)19-21-29-23-25-35(33-17-9-7-15-31(29)33)36-26-24-30(32-16-8-10-18-34(32)36)22-20-28-13-5-2-6-14-28/h1-18,23-26H. The van der Waals surface area contributed by atoms with Crippen LogP contribution in [-0.2, 0) is 0 Å². The number of benzene rings is 6. The third-order valence-corrected chi connectivity index (χ3v) is 6.37. The first kappa shape index (κ1) is 21.5. The highest BCUT2D eigenvalue weighted by Gasteiger charge is 2.11. The van der Waals surface area contributed by atoms with E-state index in [9.17, 15) is 0 Å². The number of rotatable bonds is 1. The van der Waals surface area contributed by atoms with E-state index in [4.69, 9.17) is 0 Å². The van der Waals surface area contributed by atoms with Crippen LogP contribution in [0, 0.1) is 23.7 Å². The molecule has 0 N–H and O–H groups in total. The second-order valence-corrected chi connectivity index (χ2v) is 8.64. The highest BCUT2D eigenvalue weighted by molar-refractivity contribution is 6.08. The van der Waals surface area contributed by atoms with Crippen LogP contribution < -0.4 is 0 Å². The summed E-state index contributed by atoms with van der Waals surface area (Å²) in [6.45, 7) is 0. The molecule has 0 atom stereocenters. The molecule has 166 valence electrons. The zero-order valence-electron chi connectivity index (χ0n) is 19.7. The molecule has 0 radical (unpaired) electrons. The fourth-order valence-corrected chi connectivity index (χ4v) is 4.61. The van der Waals surface area contributed by atoms with Gasteiger partial charge in [0, 0.05) is 22.3 Å². The van der Waals surface area contributed by atoms with E-state index in [0.29, 0.717) is 0 Å². The van der Waals surface area contributed by atoms with Gasteiger partial charge in [-0.1, -0.05) is 121 Å². The van der Waals surface area contributed by atoms with E-state index < -0.39 is 0 Å².